The van der Waals surface area contributed by atoms with Gasteiger partial charge in [-0.1, -0.05) is 122 Å². The fraction of sp³-hybridized carbons (Fsp3) is 0.379. The quantitative estimate of drug-likeness (QED) is 0.0407. The molecule has 3 atom stereocenters. The first kappa shape index (κ1) is 58.8. The Balaban J connectivity index is 0.000000362. The third kappa shape index (κ3) is 17.4. The van der Waals surface area contributed by atoms with E-state index in [-0.39, 0.29) is 95.6 Å². The normalized spacial score (nSPS) is 16.8. The van der Waals surface area contributed by atoms with Gasteiger partial charge in [-0.25, -0.2) is 0 Å². The number of aliphatic hydroxyl groups excluding tert-OH is 1. The van der Waals surface area contributed by atoms with Crippen molar-refractivity contribution in [2.24, 2.45) is 0 Å². The van der Waals surface area contributed by atoms with Gasteiger partial charge in [0.1, 0.15) is 79.2 Å². The van der Waals surface area contributed by atoms with E-state index in [1.807, 2.05) is 72.8 Å². The third-order valence-electron chi connectivity index (χ3n) is 12.6. The van der Waals surface area contributed by atoms with E-state index in [2.05, 4.69) is 90.1 Å². The smallest absolute Gasteiger partial charge is 0.870 e. The van der Waals surface area contributed by atoms with Crippen molar-refractivity contribution in [2.45, 2.75) is 89.6 Å². The van der Waals surface area contributed by atoms with Crippen molar-refractivity contribution in [2.75, 3.05) is 52.1 Å². The van der Waals surface area contributed by atoms with E-state index in [1.54, 1.807) is 24.3 Å². The monoisotopic (exact) mass is 1000 g/mol. The number of rotatable bonds is 19. The number of ether oxygens (including phenoxy) is 7. The summed E-state index contributed by atoms with van der Waals surface area (Å²) < 4.78 is 38.5. The molecule has 0 saturated carbocycles. The first-order valence-electron chi connectivity index (χ1n) is 23.2. The van der Waals surface area contributed by atoms with Gasteiger partial charge in [-0.05, 0) is 106 Å². The van der Waals surface area contributed by atoms with Crippen LogP contribution >= 0.6 is 11.6 Å². The molecule has 3 aliphatic rings. The summed E-state index contributed by atoms with van der Waals surface area (Å²) in [5.74, 6) is 4.32. The Morgan fingerprint density at radius 2 is 0.676 bits per heavy atom. The zero-order valence-electron chi connectivity index (χ0n) is 41.3. The molecule has 11 nitrogen and oxygen atoms in total. The zero-order chi connectivity index (χ0) is 48.3. The summed E-state index contributed by atoms with van der Waals surface area (Å²) in [5.41, 5.74) is 6.43. The summed E-state index contributed by atoms with van der Waals surface area (Å²) in [4.78, 5) is 0. The number of aromatic hydroxyl groups is 2. The van der Waals surface area contributed by atoms with Gasteiger partial charge in [0.25, 0.3) is 0 Å². The number of hydrogen-bond acceptors (Lipinski definition) is 11. The minimum absolute atomic E-state index is 0. The Morgan fingerprint density at radius 3 is 0.887 bits per heavy atom. The van der Waals surface area contributed by atoms with Crippen LogP contribution in [0.25, 0.3) is 0 Å². The van der Waals surface area contributed by atoms with Gasteiger partial charge in [0.15, 0.2) is 0 Å². The number of aliphatic hydroxyl groups is 1. The fourth-order valence-electron chi connectivity index (χ4n) is 7.42. The molecular weight excluding hydrogens is 931 g/mol. The number of phenols is 2. The number of halogens is 1. The second-order valence-corrected chi connectivity index (χ2v) is 19.3. The predicted molar refractivity (Wildman–Crippen MR) is 275 cm³/mol. The van der Waals surface area contributed by atoms with Crippen LogP contribution in [0.3, 0.4) is 0 Å². The average molecular weight is 1000 g/mol. The number of alkyl halides is 1. The van der Waals surface area contributed by atoms with Gasteiger partial charge in [-0.2, -0.15) is 0 Å². The van der Waals surface area contributed by atoms with Crippen LogP contribution in [0.4, 0.5) is 0 Å². The van der Waals surface area contributed by atoms with Gasteiger partial charge < -0.3 is 54.0 Å². The molecular formula is C58H70ClNaO11. The van der Waals surface area contributed by atoms with Crippen molar-refractivity contribution in [3.63, 3.8) is 0 Å². The molecule has 3 heterocycles. The second kappa shape index (κ2) is 26.8. The minimum atomic E-state index is -0.772. The Kier molecular flexibility index (Phi) is 22.2. The van der Waals surface area contributed by atoms with Crippen molar-refractivity contribution in [3.8, 4) is 34.5 Å². The molecule has 3 aliphatic heterocycles. The Labute approximate surface area is 447 Å². The SMILES string of the molecule is C.CC(C)(c1ccc(O)cc1)c1ccc(O)cc1.CC(C)(c1ccc(OCC(O)COc2ccc(C(C)(C)c3ccc(OCC4CO4)cc3)cc2)cc1)c1ccc(OCC2CO2)cc1.ClCC1CO1.[Na+].[OH-]. The van der Waals surface area contributed by atoms with Gasteiger partial charge in [0.05, 0.1) is 31.8 Å². The van der Waals surface area contributed by atoms with Crippen LogP contribution in [-0.4, -0.2) is 97.3 Å². The van der Waals surface area contributed by atoms with E-state index >= 15 is 0 Å². The average Bonchev–Trinajstić information content (AvgIpc) is 4.20. The topological polar surface area (TPSA) is 165 Å². The van der Waals surface area contributed by atoms with Gasteiger partial charge in [0.2, 0.25) is 0 Å². The maximum Gasteiger partial charge on any atom is 1.00 e. The Hall–Kier alpha value is -4.79. The molecule has 0 aromatic heterocycles. The summed E-state index contributed by atoms with van der Waals surface area (Å²) >= 11 is 5.27. The molecule has 6 aromatic carbocycles. The summed E-state index contributed by atoms with van der Waals surface area (Å²) in [6, 6.07) is 47.0. The van der Waals surface area contributed by atoms with Crippen LogP contribution in [0, 0.1) is 0 Å². The molecule has 0 aliphatic carbocycles. The third-order valence-corrected chi connectivity index (χ3v) is 13.0. The predicted octanol–water partition coefficient (Wildman–Crippen LogP) is 8.22. The van der Waals surface area contributed by atoms with Crippen LogP contribution < -0.4 is 48.5 Å². The number of benzene rings is 6. The van der Waals surface area contributed by atoms with Gasteiger partial charge >= 0.3 is 29.6 Å². The molecule has 13 heteroatoms. The van der Waals surface area contributed by atoms with Crippen LogP contribution in [0.15, 0.2) is 146 Å². The van der Waals surface area contributed by atoms with Crippen LogP contribution in [0.1, 0.15) is 82.3 Å². The summed E-state index contributed by atoms with van der Waals surface area (Å²) in [5, 5.41) is 29.1. The zero-order valence-corrected chi connectivity index (χ0v) is 44.1. The molecule has 0 spiro atoms. The first-order valence-corrected chi connectivity index (χ1v) is 23.7. The maximum absolute atomic E-state index is 10.5. The van der Waals surface area contributed by atoms with Crippen molar-refractivity contribution >= 4 is 11.6 Å². The molecule has 4 N–H and O–H groups in total. The maximum atomic E-state index is 10.5. The van der Waals surface area contributed by atoms with Gasteiger partial charge in [0, 0.05) is 16.2 Å². The summed E-state index contributed by atoms with van der Waals surface area (Å²) in [7, 11) is 0. The van der Waals surface area contributed by atoms with E-state index in [4.69, 9.17) is 44.8 Å². The molecule has 3 unspecified atom stereocenters. The second-order valence-electron chi connectivity index (χ2n) is 19.0. The molecule has 0 bridgehead atoms. The molecule has 3 fully saturated rings. The van der Waals surface area contributed by atoms with Crippen LogP contribution in [0.2, 0.25) is 0 Å². The van der Waals surface area contributed by atoms with Crippen molar-refractivity contribution in [1.29, 1.82) is 0 Å². The molecule has 71 heavy (non-hydrogen) atoms. The van der Waals surface area contributed by atoms with Crippen molar-refractivity contribution in [3.05, 3.63) is 179 Å². The number of phenolic OH excluding ortho intramolecular Hbond substituents is 2. The van der Waals surface area contributed by atoms with E-state index < -0.39 is 6.10 Å². The molecule has 376 valence electrons. The van der Waals surface area contributed by atoms with Crippen molar-refractivity contribution < 1.29 is 83.5 Å². The Morgan fingerprint density at radius 1 is 0.451 bits per heavy atom. The Bertz CT molecular complexity index is 2280. The summed E-state index contributed by atoms with van der Waals surface area (Å²) in [6.45, 7) is 17.0. The van der Waals surface area contributed by atoms with Gasteiger partial charge in [-0.3, -0.25) is 0 Å². The van der Waals surface area contributed by atoms with Crippen molar-refractivity contribution in [1.82, 2.24) is 0 Å². The largest absolute Gasteiger partial charge is 1.00 e. The molecule has 0 amide bonds. The minimum Gasteiger partial charge on any atom is -0.870 e. The van der Waals surface area contributed by atoms with E-state index in [9.17, 15) is 15.3 Å². The molecule has 3 saturated heterocycles. The first-order chi connectivity index (χ1) is 32.6. The van der Waals surface area contributed by atoms with E-state index in [0.717, 1.165) is 42.4 Å². The molecule has 6 aromatic rings. The fourth-order valence-corrected chi connectivity index (χ4v) is 7.60. The summed E-state index contributed by atoms with van der Waals surface area (Å²) in [6.07, 6.45) is 0.110. The van der Waals surface area contributed by atoms with Crippen LogP contribution in [-0.2, 0) is 30.5 Å². The van der Waals surface area contributed by atoms with E-state index in [0.29, 0.717) is 36.7 Å². The van der Waals surface area contributed by atoms with Crippen LogP contribution in [0.5, 0.6) is 34.5 Å². The molecule has 9 rings (SSSR count). The van der Waals surface area contributed by atoms with E-state index in [1.165, 1.54) is 22.3 Å². The number of epoxide rings is 3. The molecule has 0 radical (unpaired) electrons. The van der Waals surface area contributed by atoms with Gasteiger partial charge in [-0.15, -0.1) is 11.6 Å². The standard InChI is InChI=1S/C39H44O7.C15H16O2.C3H5ClO.CH4.Na.H2O/c1-38(2,29-9-17-34(18-10-29)43-23-36-25-45-36)27-5-13-32(14-6-27)41-21-31(40)22-42-33-15-7-28(8-16-33)39(3,4)30-11-19-35(20-12-30)44-24-37-26-46-37;1-15(2,11-3-7-13(16)8-4-11)12-5-9-14(17)10-6-12;4-1-3-2-5-3;;;/h5-20,31,36-37,40H,21-26H2,1-4H3;3-10,16-17H,1-2H3;3H,1-2H2;1H4;;1H2/q;;;;+1;/p-1. The number of hydrogen-bond donors (Lipinski definition) is 3.